The fraction of sp³-hybridized carbons (Fsp3) is 0.133. The monoisotopic (exact) mass is 317 g/mol. The molecular formula is C15H12ClN3OS. The van der Waals surface area contributed by atoms with Gasteiger partial charge in [-0.05, 0) is 19.1 Å². The van der Waals surface area contributed by atoms with Gasteiger partial charge in [0.25, 0.3) is 5.91 Å². The van der Waals surface area contributed by atoms with Crippen LogP contribution in [0.1, 0.15) is 21.1 Å². The molecular weight excluding hydrogens is 306 g/mol. The summed E-state index contributed by atoms with van der Waals surface area (Å²) in [6.07, 6.45) is 0. The Kier molecular flexibility index (Phi) is 3.86. The number of carbonyl (C=O) groups is 1. The summed E-state index contributed by atoms with van der Waals surface area (Å²) in [6.45, 7) is 2.34. The first-order chi connectivity index (χ1) is 10.1. The van der Waals surface area contributed by atoms with E-state index in [1.807, 2.05) is 36.6 Å². The van der Waals surface area contributed by atoms with Crippen LogP contribution in [-0.2, 0) is 6.54 Å². The van der Waals surface area contributed by atoms with Crippen LogP contribution in [0.15, 0.2) is 35.7 Å². The molecule has 0 aliphatic heterocycles. The minimum atomic E-state index is -0.177. The van der Waals surface area contributed by atoms with Gasteiger partial charge < -0.3 is 5.32 Å². The molecule has 2 heterocycles. The van der Waals surface area contributed by atoms with Crippen molar-refractivity contribution in [2.45, 2.75) is 13.5 Å². The summed E-state index contributed by atoms with van der Waals surface area (Å²) in [5.74, 6) is -0.177. The first-order valence-corrected chi connectivity index (χ1v) is 7.64. The third-order valence-electron chi connectivity index (χ3n) is 3.00. The van der Waals surface area contributed by atoms with Crippen LogP contribution in [0.25, 0.3) is 10.9 Å². The lowest BCUT2D eigenvalue weighted by Gasteiger charge is -2.07. The molecule has 0 fully saturated rings. The molecule has 1 amide bonds. The van der Waals surface area contributed by atoms with Gasteiger partial charge in [-0.15, -0.1) is 11.3 Å². The summed E-state index contributed by atoms with van der Waals surface area (Å²) in [4.78, 5) is 20.9. The van der Waals surface area contributed by atoms with Crippen LogP contribution in [0.3, 0.4) is 0 Å². The topological polar surface area (TPSA) is 54.9 Å². The van der Waals surface area contributed by atoms with Gasteiger partial charge in [-0.2, -0.15) is 0 Å². The Balaban J connectivity index is 1.87. The molecule has 1 N–H and O–H groups in total. The standard InChI is InChI=1S/C15H12ClN3OS/c1-9-8-21-14(18-9)7-17-15(20)11-6-13(16)19-12-5-3-2-4-10(11)12/h2-6,8H,7H2,1H3,(H,17,20). The summed E-state index contributed by atoms with van der Waals surface area (Å²) >= 11 is 7.52. The molecule has 2 aromatic heterocycles. The van der Waals surface area contributed by atoms with Gasteiger partial charge in [0.15, 0.2) is 0 Å². The van der Waals surface area contributed by atoms with Gasteiger partial charge >= 0.3 is 0 Å². The van der Waals surface area contributed by atoms with Crippen LogP contribution in [0.4, 0.5) is 0 Å². The average molecular weight is 318 g/mol. The highest BCUT2D eigenvalue weighted by Gasteiger charge is 2.12. The van der Waals surface area contributed by atoms with E-state index in [1.54, 1.807) is 6.07 Å². The summed E-state index contributed by atoms with van der Waals surface area (Å²) in [5.41, 5.74) is 2.20. The second-order valence-electron chi connectivity index (χ2n) is 4.57. The van der Waals surface area contributed by atoms with Crippen LogP contribution >= 0.6 is 22.9 Å². The molecule has 3 rings (SSSR count). The smallest absolute Gasteiger partial charge is 0.252 e. The zero-order valence-electron chi connectivity index (χ0n) is 11.3. The molecule has 1 aromatic carbocycles. The number of aromatic nitrogens is 2. The molecule has 0 unspecified atom stereocenters. The summed E-state index contributed by atoms with van der Waals surface area (Å²) < 4.78 is 0. The Bertz CT molecular complexity index is 816. The van der Waals surface area contributed by atoms with Crippen LogP contribution < -0.4 is 5.32 Å². The third-order valence-corrected chi connectivity index (χ3v) is 4.16. The van der Waals surface area contributed by atoms with E-state index in [0.717, 1.165) is 16.1 Å². The van der Waals surface area contributed by atoms with E-state index in [1.165, 1.54) is 11.3 Å². The largest absolute Gasteiger partial charge is 0.346 e. The number of hydrogen-bond donors (Lipinski definition) is 1. The lowest BCUT2D eigenvalue weighted by atomic mass is 10.1. The Morgan fingerprint density at radius 3 is 2.90 bits per heavy atom. The number of pyridine rings is 1. The van der Waals surface area contributed by atoms with Gasteiger partial charge in [-0.1, -0.05) is 29.8 Å². The van der Waals surface area contributed by atoms with Crippen molar-refractivity contribution in [1.29, 1.82) is 0 Å². The zero-order valence-corrected chi connectivity index (χ0v) is 12.8. The second kappa shape index (κ2) is 5.79. The number of benzene rings is 1. The molecule has 0 aliphatic carbocycles. The highest BCUT2D eigenvalue weighted by Crippen LogP contribution is 2.21. The summed E-state index contributed by atoms with van der Waals surface area (Å²) in [7, 11) is 0. The van der Waals surface area contributed by atoms with Crippen molar-refractivity contribution in [2.24, 2.45) is 0 Å². The molecule has 0 atom stereocenters. The van der Waals surface area contributed by atoms with Crippen molar-refractivity contribution in [1.82, 2.24) is 15.3 Å². The number of halogens is 1. The summed E-state index contributed by atoms with van der Waals surface area (Å²) in [6, 6.07) is 9.03. The molecule has 0 saturated carbocycles. The fourth-order valence-corrected chi connectivity index (χ4v) is 2.98. The number of nitrogens with one attached hydrogen (secondary N) is 1. The Morgan fingerprint density at radius 2 is 2.14 bits per heavy atom. The molecule has 6 heteroatoms. The maximum absolute atomic E-state index is 12.4. The average Bonchev–Trinajstić information content (AvgIpc) is 2.89. The number of carbonyl (C=O) groups excluding carboxylic acids is 1. The van der Waals surface area contributed by atoms with Crippen LogP contribution in [0.2, 0.25) is 5.15 Å². The number of nitrogens with zero attached hydrogens (tertiary/aromatic N) is 2. The number of fused-ring (bicyclic) bond motifs is 1. The predicted octanol–water partition coefficient (Wildman–Crippen LogP) is 3.58. The molecule has 3 aromatic rings. The molecule has 0 bridgehead atoms. The van der Waals surface area contributed by atoms with Gasteiger partial charge in [0.2, 0.25) is 0 Å². The zero-order chi connectivity index (χ0) is 14.8. The van der Waals surface area contributed by atoms with Crippen molar-refractivity contribution < 1.29 is 4.79 Å². The highest BCUT2D eigenvalue weighted by atomic mass is 35.5. The normalized spacial score (nSPS) is 10.8. The molecule has 0 radical (unpaired) electrons. The molecule has 0 saturated heterocycles. The predicted molar refractivity (Wildman–Crippen MR) is 84.8 cm³/mol. The van der Waals surface area contributed by atoms with Crippen LogP contribution in [0.5, 0.6) is 0 Å². The minimum Gasteiger partial charge on any atom is -0.346 e. The molecule has 0 spiro atoms. The second-order valence-corrected chi connectivity index (χ2v) is 5.90. The van der Waals surface area contributed by atoms with Gasteiger partial charge in [-0.3, -0.25) is 4.79 Å². The fourth-order valence-electron chi connectivity index (χ4n) is 2.07. The van der Waals surface area contributed by atoms with E-state index in [-0.39, 0.29) is 5.91 Å². The number of hydrogen-bond acceptors (Lipinski definition) is 4. The third kappa shape index (κ3) is 3.04. The SMILES string of the molecule is Cc1csc(CNC(=O)c2cc(Cl)nc3ccccc23)n1. The van der Waals surface area contributed by atoms with E-state index >= 15 is 0 Å². The van der Waals surface area contributed by atoms with E-state index in [2.05, 4.69) is 15.3 Å². The Hall–Kier alpha value is -1.98. The lowest BCUT2D eigenvalue weighted by Crippen LogP contribution is -2.23. The molecule has 4 nitrogen and oxygen atoms in total. The highest BCUT2D eigenvalue weighted by molar-refractivity contribution is 7.09. The first-order valence-electron chi connectivity index (χ1n) is 6.38. The number of para-hydroxylation sites is 1. The summed E-state index contributed by atoms with van der Waals surface area (Å²) in [5, 5.41) is 6.80. The van der Waals surface area contributed by atoms with E-state index in [0.29, 0.717) is 22.8 Å². The Labute approximate surface area is 130 Å². The van der Waals surface area contributed by atoms with Gasteiger partial charge in [0.05, 0.1) is 17.6 Å². The lowest BCUT2D eigenvalue weighted by molar-refractivity contribution is 0.0952. The molecule has 0 aliphatic rings. The van der Waals surface area contributed by atoms with Crippen LogP contribution in [0, 0.1) is 6.92 Å². The van der Waals surface area contributed by atoms with Gasteiger partial charge in [-0.25, -0.2) is 9.97 Å². The van der Waals surface area contributed by atoms with Crippen molar-refractivity contribution in [3.8, 4) is 0 Å². The number of aryl methyl sites for hydroxylation is 1. The van der Waals surface area contributed by atoms with Crippen molar-refractivity contribution >= 4 is 39.7 Å². The first kappa shape index (κ1) is 14.0. The molecule has 21 heavy (non-hydrogen) atoms. The maximum Gasteiger partial charge on any atom is 0.252 e. The van der Waals surface area contributed by atoms with Crippen molar-refractivity contribution in [3.63, 3.8) is 0 Å². The van der Waals surface area contributed by atoms with Gasteiger partial charge in [0.1, 0.15) is 10.2 Å². The van der Waals surface area contributed by atoms with E-state index < -0.39 is 0 Å². The van der Waals surface area contributed by atoms with E-state index in [9.17, 15) is 4.79 Å². The van der Waals surface area contributed by atoms with E-state index in [4.69, 9.17) is 11.6 Å². The van der Waals surface area contributed by atoms with Crippen molar-refractivity contribution in [2.75, 3.05) is 0 Å². The Morgan fingerprint density at radius 1 is 1.33 bits per heavy atom. The number of rotatable bonds is 3. The number of thiazole rings is 1. The minimum absolute atomic E-state index is 0.177. The van der Waals surface area contributed by atoms with Crippen molar-refractivity contribution in [3.05, 3.63) is 57.1 Å². The quantitative estimate of drug-likeness (QED) is 0.751. The maximum atomic E-state index is 12.4. The van der Waals surface area contributed by atoms with Gasteiger partial charge in [0, 0.05) is 16.5 Å². The van der Waals surface area contributed by atoms with Crippen LogP contribution in [-0.4, -0.2) is 15.9 Å². The molecule has 106 valence electrons. The number of amides is 1.